The molecule has 0 saturated carbocycles. The Morgan fingerprint density at radius 2 is 1.96 bits per heavy atom. The molecule has 26 heavy (non-hydrogen) atoms. The van der Waals surface area contributed by atoms with Gasteiger partial charge in [-0.2, -0.15) is 0 Å². The third-order valence-corrected chi connectivity index (χ3v) is 5.25. The number of para-hydroxylation sites is 1. The number of nitrogens with zero attached hydrogens (tertiary/aromatic N) is 1. The molecule has 7 heteroatoms. The lowest BCUT2D eigenvalue weighted by molar-refractivity contribution is -0.122. The van der Waals surface area contributed by atoms with Gasteiger partial charge in [-0.05, 0) is 46.9 Å². The predicted octanol–water partition coefficient (Wildman–Crippen LogP) is 3.30. The zero-order chi connectivity index (χ0) is 18.7. The molecule has 2 aromatic rings. The number of benzene rings is 2. The number of halogens is 1. The van der Waals surface area contributed by atoms with Gasteiger partial charge >= 0.3 is 0 Å². The molecular formula is C19H19IN2O4. The quantitative estimate of drug-likeness (QED) is 0.687. The fourth-order valence-corrected chi connectivity index (χ4v) is 3.44. The number of ether oxygens (including phenoxy) is 2. The van der Waals surface area contributed by atoms with Crippen LogP contribution in [-0.2, 0) is 9.59 Å². The summed E-state index contributed by atoms with van der Waals surface area (Å²) in [5, 5.41) is 2.91. The van der Waals surface area contributed by atoms with Crippen molar-refractivity contribution in [1.82, 2.24) is 0 Å². The molecule has 1 fully saturated rings. The van der Waals surface area contributed by atoms with Crippen molar-refractivity contribution in [2.45, 2.75) is 6.42 Å². The fraction of sp³-hybridized carbons (Fsp3) is 0.263. The molecule has 0 aromatic heterocycles. The molecule has 1 unspecified atom stereocenters. The molecule has 3 rings (SSSR count). The van der Waals surface area contributed by atoms with Crippen LogP contribution in [0.25, 0.3) is 0 Å². The van der Waals surface area contributed by atoms with Gasteiger partial charge in [-0.1, -0.05) is 12.1 Å². The van der Waals surface area contributed by atoms with Crippen LogP contribution in [0.1, 0.15) is 6.42 Å². The van der Waals surface area contributed by atoms with Gasteiger partial charge in [-0.3, -0.25) is 9.59 Å². The van der Waals surface area contributed by atoms with E-state index in [4.69, 9.17) is 9.47 Å². The first-order chi connectivity index (χ1) is 12.5. The Labute approximate surface area is 165 Å². The number of hydrogen-bond donors (Lipinski definition) is 1. The number of amides is 2. The van der Waals surface area contributed by atoms with Crippen molar-refractivity contribution >= 4 is 45.8 Å². The van der Waals surface area contributed by atoms with Crippen molar-refractivity contribution in [2.24, 2.45) is 5.92 Å². The van der Waals surface area contributed by atoms with Crippen LogP contribution in [0.2, 0.25) is 0 Å². The summed E-state index contributed by atoms with van der Waals surface area (Å²) in [4.78, 5) is 26.7. The van der Waals surface area contributed by atoms with E-state index in [9.17, 15) is 9.59 Å². The van der Waals surface area contributed by atoms with E-state index >= 15 is 0 Å². The van der Waals surface area contributed by atoms with Crippen LogP contribution in [-0.4, -0.2) is 32.6 Å². The molecule has 2 amide bonds. The summed E-state index contributed by atoms with van der Waals surface area (Å²) in [6.45, 7) is 0.316. The highest BCUT2D eigenvalue weighted by molar-refractivity contribution is 14.1. The maximum absolute atomic E-state index is 12.6. The first-order valence-electron chi connectivity index (χ1n) is 8.11. The summed E-state index contributed by atoms with van der Waals surface area (Å²) < 4.78 is 11.5. The zero-order valence-electron chi connectivity index (χ0n) is 14.5. The highest BCUT2D eigenvalue weighted by Crippen LogP contribution is 2.36. The average Bonchev–Trinajstić information content (AvgIpc) is 3.04. The van der Waals surface area contributed by atoms with Crippen LogP contribution in [0.15, 0.2) is 42.5 Å². The number of anilines is 2. The summed E-state index contributed by atoms with van der Waals surface area (Å²) in [5.41, 5.74) is 1.40. The average molecular weight is 466 g/mol. The maximum atomic E-state index is 12.6. The summed E-state index contributed by atoms with van der Waals surface area (Å²) in [6, 6.07) is 12.8. The van der Waals surface area contributed by atoms with Gasteiger partial charge in [0.05, 0.1) is 31.5 Å². The van der Waals surface area contributed by atoms with Gasteiger partial charge in [0, 0.05) is 22.6 Å². The van der Waals surface area contributed by atoms with E-state index in [0.717, 1.165) is 9.26 Å². The number of hydrogen-bond acceptors (Lipinski definition) is 4. The minimum Gasteiger partial charge on any atom is -0.497 e. The third kappa shape index (κ3) is 3.77. The Bertz CT molecular complexity index is 840. The smallest absolute Gasteiger partial charge is 0.229 e. The van der Waals surface area contributed by atoms with Crippen LogP contribution in [0, 0.1) is 9.49 Å². The third-order valence-electron chi connectivity index (χ3n) is 4.31. The summed E-state index contributed by atoms with van der Waals surface area (Å²) >= 11 is 2.17. The standard InChI is InChI=1S/C19H19IN2O4/c1-25-13-7-8-16(17(10-13)26-2)22-11-12(9-18(22)23)19(24)21-15-6-4-3-5-14(15)20/h3-8,10,12H,9,11H2,1-2H3,(H,21,24). The van der Waals surface area contributed by atoms with Gasteiger partial charge < -0.3 is 19.7 Å². The molecule has 1 aliphatic heterocycles. The second kappa shape index (κ2) is 7.94. The molecule has 0 bridgehead atoms. The van der Waals surface area contributed by atoms with Gasteiger partial charge in [-0.15, -0.1) is 0 Å². The maximum Gasteiger partial charge on any atom is 0.229 e. The van der Waals surface area contributed by atoms with Gasteiger partial charge in [0.15, 0.2) is 0 Å². The molecule has 0 aliphatic carbocycles. The molecule has 6 nitrogen and oxygen atoms in total. The van der Waals surface area contributed by atoms with Crippen LogP contribution in [0.3, 0.4) is 0 Å². The van der Waals surface area contributed by atoms with Crippen molar-refractivity contribution in [3.8, 4) is 11.5 Å². The lowest BCUT2D eigenvalue weighted by atomic mass is 10.1. The Morgan fingerprint density at radius 1 is 1.19 bits per heavy atom. The second-order valence-corrected chi connectivity index (χ2v) is 7.07. The minimum atomic E-state index is -0.412. The molecule has 1 saturated heterocycles. The fourth-order valence-electron chi connectivity index (χ4n) is 2.92. The van der Waals surface area contributed by atoms with Crippen molar-refractivity contribution < 1.29 is 19.1 Å². The van der Waals surface area contributed by atoms with Gasteiger partial charge in [0.25, 0.3) is 0 Å². The number of rotatable bonds is 5. The molecule has 2 aromatic carbocycles. The molecule has 1 heterocycles. The van der Waals surface area contributed by atoms with E-state index in [2.05, 4.69) is 27.9 Å². The minimum absolute atomic E-state index is 0.101. The molecule has 1 N–H and O–H groups in total. The number of nitrogens with one attached hydrogen (secondary N) is 1. The zero-order valence-corrected chi connectivity index (χ0v) is 16.6. The first kappa shape index (κ1) is 18.5. The first-order valence-corrected chi connectivity index (χ1v) is 9.19. The van der Waals surface area contributed by atoms with Crippen LogP contribution in [0.4, 0.5) is 11.4 Å². The normalized spacial score (nSPS) is 16.5. The molecule has 1 atom stereocenters. The van der Waals surface area contributed by atoms with Gasteiger partial charge in [0.2, 0.25) is 11.8 Å². The number of carbonyl (C=O) groups excluding carboxylic acids is 2. The van der Waals surface area contributed by atoms with Gasteiger partial charge in [0.1, 0.15) is 11.5 Å². The summed E-state index contributed by atoms with van der Waals surface area (Å²) in [6.07, 6.45) is 0.171. The van der Waals surface area contributed by atoms with Crippen molar-refractivity contribution in [1.29, 1.82) is 0 Å². The summed E-state index contributed by atoms with van der Waals surface area (Å²) in [5.74, 6) is 0.515. The van der Waals surface area contributed by atoms with E-state index in [1.54, 1.807) is 37.3 Å². The molecular weight excluding hydrogens is 447 g/mol. The van der Waals surface area contributed by atoms with Crippen LogP contribution in [0.5, 0.6) is 11.5 Å². The highest BCUT2D eigenvalue weighted by Gasteiger charge is 2.36. The van der Waals surface area contributed by atoms with E-state index in [1.807, 2.05) is 24.3 Å². The Morgan fingerprint density at radius 3 is 2.65 bits per heavy atom. The van der Waals surface area contributed by atoms with E-state index in [1.165, 1.54) is 0 Å². The monoisotopic (exact) mass is 466 g/mol. The lowest BCUT2D eigenvalue weighted by Gasteiger charge is -2.20. The largest absolute Gasteiger partial charge is 0.497 e. The Balaban J connectivity index is 1.76. The highest BCUT2D eigenvalue weighted by atomic mass is 127. The van der Waals surface area contributed by atoms with Gasteiger partial charge in [-0.25, -0.2) is 0 Å². The van der Waals surface area contributed by atoms with Crippen molar-refractivity contribution in [3.63, 3.8) is 0 Å². The van der Waals surface area contributed by atoms with Crippen LogP contribution >= 0.6 is 22.6 Å². The molecule has 1 aliphatic rings. The number of methoxy groups -OCH3 is 2. The van der Waals surface area contributed by atoms with E-state index in [0.29, 0.717) is 23.7 Å². The van der Waals surface area contributed by atoms with Crippen molar-refractivity contribution in [3.05, 3.63) is 46.0 Å². The van der Waals surface area contributed by atoms with E-state index in [-0.39, 0.29) is 18.2 Å². The summed E-state index contributed by atoms with van der Waals surface area (Å²) in [7, 11) is 3.11. The SMILES string of the molecule is COc1ccc(N2CC(C(=O)Nc3ccccc3I)CC2=O)c(OC)c1. The van der Waals surface area contributed by atoms with Crippen LogP contribution < -0.4 is 19.7 Å². The van der Waals surface area contributed by atoms with E-state index < -0.39 is 5.92 Å². The predicted molar refractivity (Wildman–Crippen MR) is 108 cm³/mol. The number of carbonyl (C=O) groups is 2. The van der Waals surface area contributed by atoms with Crippen molar-refractivity contribution in [2.75, 3.05) is 31.0 Å². The molecule has 0 spiro atoms. The second-order valence-electron chi connectivity index (χ2n) is 5.91. The Kier molecular flexibility index (Phi) is 5.65. The Hall–Kier alpha value is -2.29. The molecule has 0 radical (unpaired) electrons. The lowest BCUT2D eigenvalue weighted by Crippen LogP contribution is -2.28. The topological polar surface area (TPSA) is 67.9 Å². The molecule has 136 valence electrons.